The van der Waals surface area contributed by atoms with Gasteiger partial charge < -0.3 is 18.9 Å². The first kappa shape index (κ1) is 24.0. The van der Waals surface area contributed by atoms with Gasteiger partial charge in [0.2, 0.25) is 6.79 Å². The zero-order chi connectivity index (χ0) is 24.8. The van der Waals surface area contributed by atoms with Crippen LogP contribution in [0.25, 0.3) is 0 Å². The Bertz CT molecular complexity index is 1280. The van der Waals surface area contributed by atoms with Crippen LogP contribution < -0.4 is 24.4 Å². The fourth-order valence-corrected chi connectivity index (χ4v) is 3.78. The van der Waals surface area contributed by atoms with Crippen LogP contribution in [0, 0.1) is 10.1 Å². The molecule has 0 atom stereocenters. The molecule has 1 N–H and O–H groups in total. The molecule has 0 radical (unpaired) electrons. The summed E-state index contributed by atoms with van der Waals surface area (Å²) in [6.07, 6.45) is 1.48. The summed E-state index contributed by atoms with van der Waals surface area (Å²) >= 11 is 3.49. The molecule has 1 aliphatic rings. The minimum Gasteiger partial charge on any atom is -0.490 e. The summed E-state index contributed by atoms with van der Waals surface area (Å²) in [7, 11) is 0. The summed E-state index contributed by atoms with van der Waals surface area (Å²) in [5.41, 5.74) is 4.31. The average Bonchev–Trinajstić information content (AvgIpc) is 3.32. The third-order valence-corrected chi connectivity index (χ3v) is 5.47. The van der Waals surface area contributed by atoms with E-state index < -0.39 is 10.8 Å². The lowest BCUT2D eigenvalue weighted by Gasteiger charge is -2.14. The molecule has 0 aliphatic carbocycles. The maximum atomic E-state index is 12.4. The van der Waals surface area contributed by atoms with E-state index in [0.29, 0.717) is 45.2 Å². The Kier molecular flexibility index (Phi) is 7.46. The van der Waals surface area contributed by atoms with Gasteiger partial charge in [-0.15, -0.1) is 0 Å². The monoisotopic (exact) mass is 541 g/mol. The lowest BCUT2D eigenvalue weighted by molar-refractivity contribution is -0.384. The molecule has 0 saturated heterocycles. The number of rotatable bonds is 9. The molecule has 0 bridgehead atoms. The van der Waals surface area contributed by atoms with Crippen molar-refractivity contribution in [2.75, 3.05) is 13.4 Å². The number of benzene rings is 3. The summed E-state index contributed by atoms with van der Waals surface area (Å²) < 4.78 is 22.8. The Hall–Kier alpha value is -4.12. The summed E-state index contributed by atoms with van der Waals surface area (Å²) in [4.78, 5) is 22.8. The fourth-order valence-electron chi connectivity index (χ4n) is 3.20. The van der Waals surface area contributed by atoms with Crippen LogP contribution in [0.15, 0.2) is 64.2 Å². The predicted octanol–water partition coefficient (Wildman–Crippen LogP) is 4.83. The van der Waals surface area contributed by atoms with Crippen LogP contribution in [0.2, 0.25) is 0 Å². The molecule has 1 heterocycles. The molecule has 0 unspecified atom stereocenters. The number of ether oxygens (including phenoxy) is 4. The van der Waals surface area contributed by atoms with Crippen LogP contribution in [0.5, 0.6) is 23.0 Å². The highest BCUT2D eigenvalue weighted by Gasteiger charge is 2.16. The van der Waals surface area contributed by atoms with Gasteiger partial charge in [0.15, 0.2) is 23.0 Å². The van der Waals surface area contributed by atoms with Gasteiger partial charge in [-0.25, -0.2) is 5.43 Å². The number of nitrogens with zero attached hydrogens (tertiary/aromatic N) is 2. The topological polar surface area (TPSA) is 122 Å². The minimum absolute atomic E-state index is 0.0131. The second kappa shape index (κ2) is 10.9. The molecule has 4 rings (SSSR count). The van der Waals surface area contributed by atoms with Crippen LogP contribution in [0.3, 0.4) is 0 Å². The molecule has 10 nitrogen and oxygen atoms in total. The minimum atomic E-state index is -0.452. The smallest absolute Gasteiger partial charge is 0.271 e. The third kappa shape index (κ3) is 5.87. The van der Waals surface area contributed by atoms with E-state index in [1.165, 1.54) is 18.3 Å². The van der Waals surface area contributed by atoms with Gasteiger partial charge in [0, 0.05) is 17.7 Å². The zero-order valence-corrected chi connectivity index (χ0v) is 20.1. The van der Waals surface area contributed by atoms with E-state index in [-0.39, 0.29) is 19.1 Å². The van der Waals surface area contributed by atoms with Gasteiger partial charge in [0.25, 0.3) is 11.6 Å². The number of halogens is 1. The summed E-state index contributed by atoms with van der Waals surface area (Å²) in [5, 5.41) is 14.8. The second-order valence-electron chi connectivity index (χ2n) is 7.24. The molecule has 180 valence electrons. The van der Waals surface area contributed by atoms with E-state index in [1.54, 1.807) is 42.5 Å². The maximum absolute atomic E-state index is 12.4. The van der Waals surface area contributed by atoms with Gasteiger partial charge in [0.05, 0.1) is 22.2 Å². The van der Waals surface area contributed by atoms with Crippen molar-refractivity contribution in [2.45, 2.75) is 13.5 Å². The molecule has 0 fully saturated rings. The van der Waals surface area contributed by atoms with E-state index in [4.69, 9.17) is 18.9 Å². The molecule has 11 heteroatoms. The summed E-state index contributed by atoms with van der Waals surface area (Å²) in [6.45, 7) is 2.57. The number of nitro benzene ring substituents is 1. The predicted molar refractivity (Wildman–Crippen MR) is 130 cm³/mol. The van der Waals surface area contributed by atoms with Gasteiger partial charge in [-0.1, -0.05) is 0 Å². The Morgan fingerprint density at radius 3 is 2.66 bits per heavy atom. The Morgan fingerprint density at radius 1 is 1.14 bits per heavy atom. The number of hydrazone groups is 1. The van der Waals surface area contributed by atoms with Crippen LogP contribution in [0.4, 0.5) is 5.69 Å². The first-order chi connectivity index (χ1) is 16.9. The molecule has 3 aromatic rings. The number of amides is 1. The van der Waals surface area contributed by atoms with E-state index in [9.17, 15) is 14.9 Å². The molecule has 0 aromatic heterocycles. The largest absolute Gasteiger partial charge is 0.490 e. The van der Waals surface area contributed by atoms with Crippen LogP contribution >= 0.6 is 15.9 Å². The van der Waals surface area contributed by atoms with Crippen molar-refractivity contribution < 1.29 is 28.7 Å². The number of carbonyl (C=O) groups excluding carboxylic acids is 1. The van der Waals surface area contributed by atoms with Crippen molar-refractivity contribution in [1.82, 2.24) is 5.43 Å². The molecule has 0 spiro atoms. The first-order valence-corrected chi connectivity index (χ1v) is 11.3. The van der Waals surface area contributed by atoms with E-state index >= 15 is 0 Å². The molecule has 1 amide bonds. The summed E-state index contributed by atoms with van der Waals surface area (Å²) in [6, 6.07) is 14.5. The maximum Gasteiger partial charge on any atom is 0.271 e. The van der Waals surface area contributed by atoms with Crippen molar-refractivity contribution >= 4 is 33.7 Å². The fraction of sp³-hybridized carbons (Fsp3) is 0.167. The van der Waals surface area contributed by atoms with Crippen molar-refractivity contribution in [3.63, 3.8) is 0 Å². The van der Waals surface area contributed by atoms with Gasteiger partial charge in [-0.3, -0.25) is 14.9 Å². The molecule has 1 aliphatic heterocycles. The van der Waals surface area contributed by atoms with Crippen molar-refractivity contribution in [3.8, 4) is 23.0 Å². The van der Waals surface area contributed by atoms with Gasteiger partial charge in [-0.2, -0.15) is 5.10 Å². The molecule has 0 saturated carbocycles. The third-order valence-electron chi connectivity index (χ3n) is 4.88. The second-order valence-corrected chi connectivity index (χ2v) is 8.10. The highest BCUT2D eigenvalue weighted by atomic mass is 79.9. The van der Waals surface area contributed by atoms with E-state index in [1.807, 2.05) is 6.92 Å². The zero-order valence-electron chi connectivity index (χ0n) is 18.5. The van der Waals surface area contributed by atoms with E-state index in [2.05, 4.69) is 26.5 Å². The average molecular weight is 542 g/mol. The number of hydrogen-bond acceptors (Lipinski definition) is 8. The number of carbonyl (C=O) groups is 1. The van der Waals surface area contributed by atoms with Gasteiger partial charge in [0.1, 0.15) is 6.61 Å². The van der Waals surface area contributed by atoms with E-state index in [0.717, 1.165) is 5.56 Å². The Balaban J connectivity index is 1.43. The standard InChI is InChI=1S/C24H20BrN3O7/c1-2-32-22-10-16(12-26-27-24(29)17-5-8-20-21(11-17)35-14-34-20)9-19(25)23(22)33-13-15-3-6-18(7-4-15)28(30)31/h3-12H,2,13-14H2,1H3,(H,27,29)/b26-12-. The number of nitro groups is 1. The molecule has 35 heavy (non-hydrogen) atoms. The number of nitrogens with one attached hydrogen (secondary N) is 1. The quantitative estimate of drug-likeness (QED) is 0.234. The lowest BCUT2D eigenvalue weighted by atomic mass is 10.2. The van der Waals surface area contributed by atoms with Gasteiger partial charge >= 0.3 is 0 Å². The van der Waals surface area contributed by atoms with Crippen LogP contribution in [-0.4, -0.2) is 30.4 Å². The molecular formula is C24H20BrN3O7. The molecular weight excluding hydrogens is 522 g/mol. The van der Waals surface area contributed by atoms with Crippen molar-refractivity contribution in [1.29, 1.82) is 0 Å². The highest BCUT2D eigenvalue weighted by molar-refractivity contribution is 9.10. The summed E-state index contributed by atoms with van der Waals surface area (Å²) in [5.74, 6) is 1.66. The van der Waals surface area contributed by atoms with Crippen molar-refractivity contribution in [3.05, 3.63) is 85.9 Å². The SMILES string of the molecule is CCOc1cc(/C=N\NC(=O)c2ccc3c(c2)OCO3)cc(Br)c1OCc1ccc([N+](=O)[O-])cc1. The van der Waals surface area contributed by atoms with Crippen LogP contribution in [0.1, 0.15) is 28.4 Å². The first-order valence-electron chi connectivity index (χ1n) is 10.5. The van der Waals surface area contributed by atoms with Crippen LogP contribution in [-0.2, 0) is 6.61 Å². The number of fused-ring (bicyclic) bond motifs is 1. The molecule has 3 aromatic carbocycles. The lowest BCUT2D eigenvalue weighted by Crippen LogP contribution is -2.17. The Labute approximate surface area is 208 Å². The van der Waals surface area contributed by atoms with Gasteiger partial charge in [-0.05, 0) is 76.4 Å². The highest BCUT2D eigenvalue weighted by Crippen LogP contribution is 2.37. The van der Waals surface area contributed by atoms with Crippen molar-refractivity contribution in [2.24, 2.45) is 5.10 Å². The Morgan fingerprint density at radius 2 is 1.91 bits per heavy atom. The normalized spacial score (nSPS) is 11.9. The number of non-ortho nitro benzene ring substituents is 1. The number of hydrogen-bond donors (Lipinski definition) is 1.